The lowest BCUT2D eigenvalue weighted by molar-refractivity contribution is 0.200. The molecule has 0 aliphatic heterocycles. The third-order valence-corrected chi connectivity index (χ3v) is 3.94. The Hall–Kier alpha value is -0.970. The van der Waals surface area contributed by atoms with E-state index in [-0.39, 0.29) is 0 Å². The van der Waals surface area contributed by atoms with Crippen LogP contribution in [0.1, 0.15) is 30.2 Å². The van der Waals surface area contributed by atoms with Gasteiger partial charge < -0.3 is 0 Å². The molecule has 0 fully saturated rings. The van der Waals surface area contributed by atoms with E-state index in [4.69, 9.17) is 11.6 Å². The van der Waals surface area contributed by atoms with Gasteiger partial charge in [0.25, 0.3) is 0 Å². The van der Waals surface area contributed by atoms with Gasteiger partial charge in [-0.1, -0.05) is 17.7 Å². The minimum atomic E-state index is 0.435. The molecule has 0 saturated carbocycles. The summed E-state index contributed by atoms with van der Waals surface area (Å²) in [6, 6.07) is 6.46. The molecule has 0 amide bonds. The van der Waals surface area contributed by atoms with Crippen LogP contribution in [-0.4, -0.2) is 20.9 Å². The predicted octanol–water partition coefficient (Wildman–Crippen LogP) is 3.91. The summed E-state index contributed by atoms with van der Waals surface area (Å²) >= 11 is 7.77. The highest BCUT2D eigenvalue weighted by Crippen LogP contribution is 2.16. The summed E-state index contributed by atoms with van der Waals surface area (Å²) in [6.45, 7) is 7.95. The zero-order valence-electron chi connectivity index (χ0n) is 11.4. The van der Waals surface area contributed by atoms with Crippen molar-refractivity contribution in [3.8, 4) is 0 Å². The van der Waals surface area contributed by atoms with Gasteiger partial charge in [0.15, 0.2) is 0 Å². The summed E-state index contributed by atoms with van der Waals surface area (Å²) in [4.78, 5) is 12.5. The van der Waals surface area contributed by atoms with Crippen LogP contribution in [0.2, 0.25) is 5.15 Å². The Bertz CT molecular complexity index is 505. The first-order valence-electron chi connectivity index (χ1n) is 6.31. The molecule has 19 heavy (non-hydrogen) atoms. The molecule has 2 aromatic rings. The molecule has 2 rings (SSSR count). The number of rotatable bonds is 5. The number of aromatic nitrogens is 2. The second-order valence-electron chi connectivity index (χ2n) is 4.83. The van der Waals surface area contributed by atoms with Gasteiger partial charge in [-0.15, -0.1) is 11.3 Å². The fourth-order valence-electron chi connectivity index (χ4n) is 1.86. The van der Waals surface area contributed by atoms with E-state index < -0.39 is 0 Å². The number of halogens is 1. The van der Waals surface area contributed by atoms with Crippen LogP contribution in [0.25, 0.3) is 0 Å². The average Bonchev–Trinajstić information content (AvgIpc) is 2.79. The Morgan fingerprint density at radius 1 is 1.32 bits per heavy atom. The summed E-state index contributed by atoms with van der Waals surface area (Å²) in [6.07, 6.45) is 0. The van der Waals surface area contributed by atoms with Crippen LogP contribution in [0.15, 0.2) is 23.6 Å². The van der Waals surface area contributed by atoms with Crippen LogP contribution in [0.4, 0.5) is 0 Å². The Morgan fingerprint density at radius 2 is 2.11 bits per heavy atom. The number of aryl methyl sites for hydroxylation is 1. The molecule has 2 heterocycles. The second kappa shape index (κ2) is 6.46. The van der Waals surface area contributed by atoms with Crippen LogP contribution < -0.4 is 0 Å². The van der Waals surface area contributed by atoms with Gasteiger partial charge in [-0.3, -0.25) is 4.90 Å². The standard InChI is InChI=1S/C14H18ClN3S/c1-10(2)18(8-12-5-4-6-19-12)9-14-16-11(3)7-13(15)17-14/h4-7,10H,8-9H2,1-3H3. The molecule has 0 N–H and O–H groups in total. The zero-order valence-corrected chi connectivity index (χ0v) is 13.0. The first kappa shape index (κ1) is 14.4. The van der Waals surface area contributed by atoms with Crippen LogP contribution >= 0.6 is 22.9 Å². The highest BCUT2D eigenvalue weighted by Gasteiger charge is 2.13. The summed E-state index contributed by atoms with van der Waals surface area (Å²) in [5, 5.41) is 2.62. The maximum atomic E-state index is 5.99. The lowest BCUT2D eigenvalue weighted by Crippen LogP contribution is -2.30. The molecule has 0 aliphatic carbocycles. The molecule has 0 radical (unpaired) electrons. The minimum absolute atomic E-state index is 0.435. The number of thiophene rings is 1. The minimum Gasteiger partial charge on any atom is -0.288 e. The first-order valence-corrected chi connectivity index (χ1v) is 7.57. The van der Waals surface area contributed by atoms with E-state index in [0.29, 0.717) is 11.2 Å². The van der Waals surface area contributed by atoms with E-state index >= 15 is 0 Å². The Morgan fingerprint density at radius 3 is 2.68 bits per heavy atom. The monoisotopic (exact) mass is 295 g/mol. The smallest absolute Gasteiger partial charge is 0.144 e. The molecule has 0 aliphatic rings. The van der Waals surface area contributed by atoms with E-state index in [2.05, 4.69) is 46.2 Å². The second-order valence-corrected chi connectivity index (χ2v) is 6.25. The maximum absolute atomic E-state index is 5.99. The molecule has 2 aromatic heterocycles. The predicted molar refractivity (Wildman–Crippen MR) is 80.5 cm³/mol. The Balaban J connectivity index is 2.12. The van der Waals surface area contributed by atoms with E-state index in [1.165, 1.54) is 4.88 Å². The van der Waals surface area contributed by atoms with Crippen molar-refractivity contribution in [1.82, 2.24) is 14.9 Å². The third-order valence-electron chi connectivity index (χ3n) is 2.88. The van der Waals surface area contributed by atoms with Crippen molar-refractivity contribution >= 4 is 22.9 Å². The first-order chi connectivity index (χ1) is 9.04. The number of nitrogens with zero attached hydrogens (tertiary/aromatic N) is 3. The SMILES string of the molecule is Cc1cc(Cl)nc(CN(Cc2cccs2)C(C)C)n1. The van der Waals surface area contributed by atoms with Crippen molar-refractivity contribution in [3.63, 3.8) is 0 Å². The summed E-state index contributed by atoms with van der Waals surface area (Å²) < 4.78 is 0. The maximum Gasteiger partial charge on any atom is 0.144 e. The van der Waals surface area contributed by atoms with Gasteiger partial charge in [-0.05, 0) is 38.3 Å². The zero-order chi connectivity index (χ0) is 13.8. The molecule has 0 spiro atoms. The molecule has 0 aromatic carbocycles. The molecule has 0 bridgehead atoms. The molecular formula is C14H18ClN3S. The largest absolute Gasteiger partial charge is 0.288 e. The Labute approximate surface area is 123 Å². The Kier molecular flexibility index (Phi) is 4.91. The molecule has 102 valence electrons. The van der Waals surface area contributed by atoms with Gasteiger partial charge in [-0.25, -0.2) is 9.97 Å². The van der Waals surface area contributed by atoms with Crippen molar-refractivity contribution in [2.75, 3.05) is 0 Å². The van der Waals surface area contributed by atoms with E-state index in [0.717, 1.165) is 24.6 Å². The average molecular weight is 296 g/mol. The van der Waals surface area contributed by atoms with Crippen LogP contribution in [0, 0.1) is 6.92 Å². The highest BCUT2D eigenvalue weighted by molar-refractivity contribution is 7.09. The van der Waals surface area contributed by atoms with Crippen molar-refractivity contribution in [2.45, 2.75) is 39.9 Å². The molecule has 3 nitrogen and oxygen atoms in total. The van der Waals surface area contributed by atoms with Gasteiger partial charge >= 0.3 is 0 Å². The van der Waals surface area contributed by atoms with Crippen molar-refractivity contribution in [3.05, 3.63) is 45.1 Å². The van der Waals surface area contributed by atoms with Gasteiger partial charge in [0.2, 0.25) is 0 Å². The molecule has 0 saturated heterocycles. The quantitative estimate of drug-likeness (QED) is 0.783. The summed E-state index contributed by atoms with van der Waals surface area (Å²) in [5.74, 6) is 0.787. The van der Waals surface area contributed by atoms with E-state index in [1.54, 1.807) is 17.4 Å². The van der Waals surface area contributed by atoms with Gasteiger partial charge in [-0.2, -0.15) is 0 Å². The molecule has 5 heteroatoms. The van der Waals surface area contributed by atoms with E-state index in [9.17, 15) is 0 Å². The normalized spacial score (nSPS) is 11.5. The third kappa shape index (κ3) is 4.27. The topological polar surface area (TPSA) is 29.0 Å². The number of hydrogen-bond acceptors (Lipinski definition) is 4. The summed E-state index contributed by atoms with van der Waals surface area (Å²) in [7, 11) is 0. The molecular weight excluding hydrogens is 278 g/mol. The van der Waals surface area contributed by atoms with Crippen LogP contribution in [0.3, 0.4) is 0 Å². The fraction of sp³-hybridized carbons (Fsp3) is 0.429. The van der Waals surface area contributed by atoms with Gasteiger partial charge in [0.05, 0.1) is 6.54 Å². The van der Waals surface area contributed by atoms with Crippen LogP contribution in [-0.2, 0) is 13.1 Å². The lowest BCUT2D eigenvalue weighted by Gasteiger charge is -2.25. The van der Waals surface area contributed by atoms with Crippen molar-refractivity contribution in [2.24, 2.45) is 0 Å². The molecule has 0 atom stereocenters. The fourth-order valence-corrected chi connectivity index (χ4v) is 2.85. The molecule has 0 unspecified atom stereocenters. The summed E-state index contributed by atoms with van der Waals surface area (Å²) in [5.41, 5.74) is 0.912. The number of hydrogen-bond donors (Lipinski definition) is 0. The lowest BCUT2D eigenvalue weighted by atomic mass is 10.3. The highest BCUT2D eigenvalue weighted by atomic mass is 35.5. The van der Waals surface area contributed by atoms with Gasteiger partial charge in [0.1, 0.15) is 11.0 Å². The van der Waals surface area contributed by atoms with Gasteiger partial charge in [0, 0.05) is 23.2 Å². The van der Waals surface area contributed by atoms with Crippen molar-refractivity contribution < 1.29 is 0 Å². The van der Waals surface area contributed by atoms with E-state index in [1.807, 2.05) is 6.92 Å². The van der Waals surface area contributed by atoms with Crippen molar-refractivity contribution in [1.29, 1.82) is 0 Å². The van der Waals surface area contributed by atoms with Crippen LogP contribution in [0.5, 0.6) is 0 Å².